The first-order valence-corrected chi connectivity index (χ1v) is 16.1. The third-order valence-electron chi connectivity index (χ3n) is 6.95. The number of rotatable bonds is 9. The molecule has 6 rings (SSSR count). The van der Waals surface area contributed by atoms with Gasteiger partial charge >= 0.3 is 5.91 Å². The number of aliphatic hydroxyl groups is 1. The van der Waals surface area contributed by atoms with Crippen molar-refractivity contribution in [3.05, 3.63) is 141 Å². The van der Waals surface area contributed by atoms with Gasteiger partial charge in [-0.05, 0) is 65.2 Å². The fourth-order valence-corrected chi connectivity index (χ4v) is 7.19. The Morgan fingerprint density at radius 2 is 1.73 bits per heavy atom. The van der Waals surface area contributed by atoms with Crippen LogP contribution >= 0.6 is 46.3 Å². The second-order valence-electron chi connectivity index (χ2n) is 9.90. The van der Waals surface area contributed by atoms with Gasteiger partial charge in [0.1, 0.15) is 23.9 Å². The molecule has 0 saturated carbocycles. The van der Waals surface area contributed by atoms with Crippen molar-refractivity contribution < 1.29 is 23.8 Å². The van der Waals surface area contributed by atoms with E-state index in [-0.39, 0.29) is 16.3 Å². The molecule has 0 aliphatic carbocycles. The number of aliphatic hydroxyl groups excluding tert-OH is 1. The van der Waals surface area contributed by atoms with Crippen LogP contribution < -0.4 is 9.64 Å². The molecular weight excluding hydrogens is 656 g/mol. The number of amides is 1. The van der Waals surface area contributed by atoms with Gasteiger partial charge in [0.05, 0.1) is 11.6 Å². The van der Waals surface area contributed by atoms with E-state index in [9.17, 15) is 19.1 Å². The first-order chi connectivity index (χ1) is 21.8. The maximum Gasteiger partial charge on any atom is 0.301 e. The molecule has 1 saturated heterocycles. The number of benzene rings is 4. The molecule has 2 heterocycles. The lowest BCUT2D eigenvalue weighted by Gasteiger charge is -2.23. The third-order valence-corrected chi connectivity index (χ3v) is 9.64. The van der Waals surface area contributed by atoms with E-state index in [2.05, 4.69) is 10.2 Å². The molecule has 45 heavy (non-hydrogen) atoms. The highest BCUT2D eigenvalue weighted by molar-refractivity contribution is 8.00. The summed E-state index contributed by atoms with van der Waals surface area (Å²) in [5.74, 6) is -1.77. The van der Waals surface area contributed by atoms with E-state index < -0.39 is 29.3 Å². The minimum Gasteiger partial charge on any atom is -0.507 e. The Balaban J connectivity index is 1.36. The second-order valence-corrected chi connectivity index (χ2v) is 12.9. The Hall–Kier alpha value is -4.22. The summed E-state index contributed by atoms with van der Waals surface area (Å²) >= 11 is 14.8. The number of hydrogen-bond acceptors (Lipinski definition) is 8. The fourth-order valence-electron chi connectivity index (χ4n) is 4.76. The number of ether oxygens (including phenoxy) is 1. The van der Waals surface area contributed by atoms with E-state index in [1.165, 1.54) is 40.9 Å². The Kier molecular flexibility index (Phi) is 9.18. The van der Waals surface area contributed by atoms with Gasteiger partial charge < -0.3 is 9.84 Å². The van der Waals surface area contributed by atoms with Gasteiger partial charge in [-0.25, -0.2) is 4.39 Å². The SMILES string of the molecule is O=C1C(=O)N(c2nnc(SCc3ccc(Cl)cc3Cl)s2)C(c2cccc(OCc3ccccc3)c2)C1=C(O)c1ccc(F)cc1. The number of carbonyl (C=O) groups is 2. The third kappa shape index (κ3) is 6.74. The van der Waals surface area contributed by atoms with E-state index in [1.807, 2.05) is 36.4 Å². The van der Waals surface area contributed by atoms with Crippen LogP contribution in [0.15, 0.2) is 107 Å². The van der Waals surface area contributed by atoms with Gasteiger partial charge in [0.15, 0.2) is 4.34 Å². The van der Waals surface area contributed by atoms with Crippen LogP contribution in [0.5, 0.6) is 5.75 Å². The van der Waals surface area contributed by atoms with Crippen LogP contribution in [0, 0.1) is 5.82 Å². The summed E-state index contributed by atoms with van der Waals surface area (Å²) in [6.45, 7) is 0.300. The Labute approximate surface area is 275 Å². The minimum atomic E-state index is -1.06. The summed E-state index contributed by atoms with van der Waals surface area (Å²) < 4.78 is 20.2. The number of Topliss-reactive ketones (excluding diaryl/α,β-unsaturated/α-hetero) is 1. The first-order valence-electron chi connectivity index (χ1n) is 13.5. The van der Waals surface area contributed by atoms with E-state index >= 15 is 0 Å². The van der Waals surface area contributed by atoms with Gasteiger partial charge in [-0.15, -0.1) is 10.2 Å². The normalized spacial score (nSPS) is 15.9. The van der Waals surface area contributed by atoms with Crippen molar-refractivity contribution in [2.75, 3.05) is 4.90 Å². The van der Waals surface area contributed by atoms with Crippen molar-refractivity contribution in [1.82, 2.24) is 10.2 Å². The topological polar surface area (TPSA) is 92.6 Å². The molecular formula is C33H22Cl2FN3O4S2. The van der Waals surface area contributed by atoms with Crippen LogP contribution in [0.25, 0.3) is 5.76 Å². The summed E-state index contributed by atoms with van der Waals surface area (Å²) in [4.78, 5) is 28.4. The zero-order valence-electron chi connectivity index (χ0n) is 23.2. The smallest absolute Gasteiger partial charge is 0.301 e. The number of thioether (sulfide) groups is 1. The van der Waals surface area contributed by atoms with E-state index in [0.29, 0.717) is 38.1 Å². The molecule has 1 N–H and O–H groups in total. The van der Waals surface area contributed by atoms with Gasteiger partial charge in [-0.1, -0.05) is 94.8 Å². The van der Waals surface area contributed by atoms with Crippen molar-refractivity contribution in [3.63, 3.8) is 0 Å². The number of carbonyl (C=O) groups excluding carboxylic acids is 2. The lowest BCUT2D eigenvalue weighted by atomic mass is 9.95. The summed E-state index contributed by atoms with van der Waals surface area (Å²) in [6, 6.07) is 25.7. The van der Waals surface area contributed by atoms with E-state index in [0.717, 1.165) is 22.5 Å². The second kappa shape index (κ2) is 13.4. The summed E-state index contributed by atoms with van der Waals surface area (Å²) in [7, 11) is 0. The van der Waals surface area contributed by atoms with Crippen LogP contribution in [-0.2, 0) is 21.9 Å². The van der Waals surface area contributed by atoms with E-state index in [1.54, 1.807) is 36.4 Å². The van der Waals surface area contributed by atoms with Gasteiger partial charge in [-0.2, -0.15) is 0 Å². The van der Waals surface area contributed by atoms with Crippen LogP contribution in [0.2, 0.25) is 10.0 Å². The standard InChI is InChI=1S/C33H22Cl2FN3O4S2/c34-23-12-9-22(26(35)16-23)18-44-33-38-37-32(45-33)39-28(21-7-4-8-25(15-21)43-17-19-5-2-1-3-6-19)27(30(41)31(39)42)29(40)20-10-13-24(36)14-11-20/h1-16,28,40H,17-18H2. The Morgan fingerprint density at radius 1 is 0.956 bits per heavy atom. The van der Waals surface area contributed by atoms with Crippen molar-refractivity contribution in [2.24, 2.45) is 0 Å². The summed E-state index contributed by atoms with van der Waals surface area (Å²) in [5.41, 5.74) is 2.33. The molecule has 1 aliphatic heterocycles. The number of anilines is 1. The molecule has 0 spiro atoms. The number of ketones is 1. The molecule has 12 heteroatoms. The number of aromatic nitrogens is 2. The molecule has 1 amide bonds. The average Bonchev–Trinajstić information content (AvgIpc) is 3.62. The summed E-state index contributed by atoms with van der Waals surface area (Å²) in [6.07, 6.45) is 0. The molecule has 1 atom stereocenters. The van der Waals surface area contributed by atoms with E-state index in [4.69, 9.17) is 27.9 Å². The summed E-state index contributed by atoms with van der Waals surface area (Å²) in [5, 5.41) is 21.0. The predicted octanol–water partition coefficient (Wildman–Crippen LogP) is 8.48. The predicted molar refractivity (Wildman–Crippen MR) is 174 cm³/mol. The van der Waals surface area contributed by atoms with Crippen LogP contribution in [0.3, 0.4) is 0 Å². The highest BCUT2D eigenvalue weighted by Gasteiger charge is 2.48. The molecule has 1 unspecified atom stereocenters. The molecule has 1 fully saturated rings. The number of nitrogens with zero attached hydrogens (tertiary/aromatic N) is 3. The van der Waals surface area contributed by atoms with Crippen LogP contribution in [0.4, 0.5) is 9.52 Å². The van der Waals surface area contributed by atoms with Crippen molar-refractivity contribution in [3.8, 4) is 5.75 Å². The number of hydrogen-bond donors (Lipinski definition) is 1. The number of halogens is 3. The molecule has 226 valence electrons. The lowest BCUT2D eigenvalue weighted by molar-refractivity contribution is -0.132. The maximum atomic E-state index is 13.7. The molecule has 0 bridgehead atoms. The monoisotopic (exact) mass is 677 g/mol. The fraction of sp³-hybridized carbons (Fsp3) is 0.0909. The first kappa shape index (κ1) is 30.8. The molecule has 5 aromatic rings. The Morgan fingerprint density at radius 3 is 2.49 bits per heavy atom. The van der Waals surface area contributed by atoms with Gasteiger partial charge in [0.2, 0.25) is 5.13 Å². The van der Waals surface area contributed by atoms with Crippen molar-refractivity contribution >= 4 is 68.9 Å². The highest BCUT2D eigenvalue weighted by Crippen LogP contribution is 2.45. The van der Waals surface area contributed by atoms with Gasteiger partial charge in [-0.3, -0.25) is 14.5 Å². The molecule has 4 aromatic carbocycles. The highest BCUT2D eigenvalue weighted by atomic mass is 35.5. The van der Waals surface area contributed by atoms with Crippen LogP contribution in [0.1, 0.15) is 28.3 Å². The lowest BCUT2D eigenvalue weighted by Crippen LogP contribution is -2.29. The molecule has 1 aliphatic rings. The zero-order valence-corrected chi connectivity index (χ0v) is 26.3. The minimum absolute atomic E-state index is 0.163. The largest absolute Gasteiger partial charge is 0.507 e. The quantitative estimate of drug-likeness (QED) is 0.0550. The van der Waals surface area contributed by atoms with Crippen molar-refractivity contribution in [2.45, 2.75) is 22.7 Å². The van der Waals surface area contributed by atoms with Gasteiger partial charge in [0.25, 0.3) is 5.78 Å². The molecule has 1 aromatic heterocycles. The van der Waals surface area contributed by atoms with Crippen LogP contribution in [-0.4, -0.2) is 27.0 Å². The zero-order chi connectivity index (χ0) is 31.5. The maximum absolute atomic E-state index is 13.7. The average molecular weight is 679 g/mol. The molecule has 7 nitrogen and oxygen atoms in total. The van der Waals surface area contributed by atoms with Crippen molar-refractivity contribution in [1.29, 1.82) is 0 Å². The molecule has 0 radical (unpaired) electrons. The Bertz CT molecular complexity index is 1920. The van der Waals surface area contributed by atoms with Gasteiger partial charge in [0, 0.05) is 21.4 Å².